The molecule has 2 heterocycles. The molecular formula is C9H15O3. The minimum atomic E-state index is -0.644. The van der Waals surface area contributed by atoms with Crippen LogP contribution in [0.15, 0.2) is 0 Å². The summed E-state index contributed by atoms with van der Waals surface area (Å²) in [7, 11) is 0. The smallest absolute Gasteiger partial charge is 0.145 e. The third-order valence-corrected chi connectivity index (χ3v) is 2.66. The molecule has 2 aliphatic heterocycles. The fourth-order valence-corrected chi connectivity index (χ4v) is 1.96. The molecule has 0 aromatic heterocycles. The Morgan fingerprint density at radius 1 is 1.00 bits per heavy atom. The molecule has 0 aromatic carbocycles. The summed E-state index contributed by atoms with van der Waals surface area (Å²) >= 11 is 0. The van der Waals surface area contributed by atoms with Gasteiger partial charge in [-0.25, -0.2) is 5.11 Å². The second kappa shape index (κ2) is 3.73. The minimum absolute atomic E-state index is 0.0758. The highest BCUT2D eigenvalue weighted by Crippen LogP contribution is 2.24. The second-order valence-corrected chi connectivity index (χ2v) is 3.57. The molecule has 0 bridgehead atoms. The van der Waals surface area contributed by atoms with E-state index in [-0.39, 0.29) is 12.2 Å². The maximum atomic E-state index is 11.7. The lowest BCUT2D eigenvalue weighted by Crippen LogP contribution is -2.35. The molecule has 2 atom stereocenters. The van der Waals surface area contributed by atoms with Gasteiger partial charge in [0.25, 0.3) is 0 Å². The fourth-order valence-electron chi connectivity index (χ4n) is 1.96. The van der Waals surface area contributed by atoms with E-state index in [1.54, 1.807) is 0 Å². The van der Waals surface area contributed by atoms with E-state index in [4.69, 9.17) is 9.47 Å². The molecule has 0 N–H and O–H groups in total. The maximum Gasteiger partial charge on any atom is 0.145 e. The van der Waals surface area contributed by atoms with Gasteiger partial charge in [-0.3, -0.25) is 0 Å². The third kappa shape index (κ3) is 1.63. The second-order valence-electron chi connectivity index (χ2n) is 3.57. The monoisotopic (exact) mass is 171 g/mol. The molecule has 0 aromatic rings. The summed E-state index contributed by atoms with van der Waals surface area (Å²) in [6, 6.07) is 0. The van der Waals surface area contributed by atoms with Crippen molar-refractivity contribution in [2.24, 2.45) is 0 Å². The summed E-state index contributed by atoms with van der Waals surface area (Å²) in [5, 5.41) is 11.7. The van der Waals surface area contributed by atoms with Gasteiger partial charge in [-0.2, -0.15) is 0 Å². The Morgan fingerprint density at radius 2 is 1.50 bits per heavy atom. The first-order chi connectivity index (χ1) is 5.88. The Hall–Kier alpha value is -0.120. The first kappa shape index (κ1) is 8.48. The highest BCUT2D eigenvalue weighted by Gasteiger charge is 2.34. The molecule has 2 saturated heterocycles. The zero-order chi connectivity index (χ0) is 8.39. The summed E-state index contributed by atoms with van der Waals surface area (Å²) in [6.07, 6.45) is 3.13. The van der Waals surface area contributed by atoms with Crippen LogP contribution in [0.5, 0.6) is 0 Å². The van der Waals surface area contributed by atoms with Crippen LogP contribution in [0.3, 0.4) is 0 Å². The molecule has 2 aliphatic rings. The molecule has 0 saturated carbocycles. The van der Waals surface area contributed by atoms with Gasteiger partial charge in [0, 0.05) is 13.2 Å². The average Bonchev–Trinajstić information content (AvgIpc) is 2.77. The van der Waals surface area contributed by atoms with Gasteiger partial charge in [0.1, 0.15) is 6.10 Å². The van der Waals surface area contributed by atoms with Gasteiger partial charge in [-0.05, 0) is 25.7 Å². The van der Waals surface area contributed by atoms with Gasteiger partial charge in [-0.15, -0.1) is 0 Å². The average molecular weight is 171 g/mol. The van der Waals surface area contributed by atoms with Crippen LogP contribution in [0.2, 0.25) is 0 Å². The summed E-state index contributed by atoms with van der Waals surface area (Å²) in [5.74, 6) is 0. The van der Waals surface area contributed by atoms with E-state index in [0.29, 0.717) is 0 Å². The Bertz CT molecular complexity index is 121. The van der Waals surface area contributed by atoms with E-state index in [1.165, 1.54) is 0 Å². The summed E-state index contributed by atoms with van der Waals surface area (Å²) in [6.45, 7) is 1.52. The van der Waals surface area contributed by atoms with Gasteiger partial charge < -0.3 is 9.47 Å². The first-order valence-electron chi connectivity index (χ1n) is 4.77. The van der Waals surface area contributed by atoms with Crippen molar-refractivity contribution in [3.8, 4) is 0 Å². The first-order valence-corrected chi connectivity index (χ1v) is 4.77. The lowest BCUT2D eigenvalue weighted by atomic mass is 10.0. The van der Waals surface area contributed by atoms with Crippen LogP contribution in [-0.4, -0.2) is 31.5 Å². The number of hydrogen-bond acceptors (Lipinski definition) is 2. The van der Waals surface area contributed by atoms with Crippen molar-refractivity contribution in [1.82, 2.24) is 0 Å². The highest BCUT2D eigenvalue weighted by molar-refractivity contribution is 4.82. The lowest BCUT2D eigenvalue weighted by Gasteiger charge is -2.20. The van der Waals surface area contributed by atoms with Crippen LogP contribution >= 0.6 is 0 Å². The fraction of sp³-hybridized carbons (Fsp3) is 1.00. The van der Waals surface area contributed by atoms with Gasteiger partial charge in [0.15, 0.2) is 0 Å². The molecule has 2 rings (SSSR count). The molecule has 2 unspecified atom stereocenters. The van der Waals surface area contributed by atoms with Crippen molar-refractivity contribution in [3.05, 3.63) is 0 Å². The molecule has 2 fully saturated rings. The van der Waals surface area contributed by atoms with Crippen LogP contribution < -0.4 is 0 Å². The van der Waals surface area contributed by atoms with Crippen molar-refractivity contribution >= 4 is 0 Å². The predicted octanol–water partition coefficient (Wildman–Crippen LogP) is 1.14. The number of hydrogen-bond donors (Lipinski definition) is 0. The number of ether oxygens (including phenoxy) is 2. The van der Waals surface area contributed by atoms with Crippen molar-refractivity contribution in [1.29, 1.82) is 0 Å². The van der Waals surface area contributed by atoms with Crippen molar-refractivity contribution in [2.75, 3.05) is 13.2 Å². The van der Waals surface area contributed by atoms with Gasteiger partial charge in [0.2, 0.25) is 0 Å². The highest BCUT2D eigenvalue weighted by atomic mass is 16.5. The summed E-state index contributed by atoms with van der Waals surface area (Å²) in [4.78, 5) is 0. The maximum absolute atomic E-state index is 11.7. The molecule has 3 heteroatoms. The van der Waals surface area contributed by atoms with Crippen LogP contribution in [0, 0.1) is 0 Å². The van der Waals surface area contributed by atoms with E-state index in [1.807, 2.05) is 0 Å². The van der Waals surface area contributed by atoms with Gasteiger partial charge in [-0.1, -0.05) is 0 Å². The van der Waals surface area contributed by atoms with E-state index in [9.17, 15) is 5.11 Å². The number of rotatable bonds is 2. The van der Waals surface area contributed by atoms with Crippen LogP contribution in [0.25, 0.3) is 0 Å². The van der Waals surface area contributed by atoms with E-state index in [0.717, 1.165) is 38.9 Å². The zero-order valence-electron chi connectivity index (χ0n) is 7.20. The summed E-state index contributed by atoms with van der Waals surface area (Å²) in [5.41, 5.74) is 0. The molecule has 1 radical (unpaired) electrons. The van der Waals surface area contributed by atoms with Crippen molar-refractivity contribution in [2.45, 2.75) is 44.0 Å². The van der Waals surface area contributed by atoms with Crippen LogP contribution in [0.1, 0.15) is 25.7 Å². The Morgan fingerprint density at radius 3 is 1.83 bits per heavy atom. The standard InChI is InChI=1S/C9H15O3/c10-9(7-3-1-5-11-7)8-4-2-6-12-8/h7-9H,1-6H2. The molecular weight excluding hydrogens is 156 g/mol. The van der Waals surface area contributed by atoms with Crippen LogP contribution in [-0.2, 0) is 14.6 Å². The molecule has 0 spiro atoms. The lowest BCUT2D eigenvalue weighted by molar-refractivity contribution is -0.106. The third-order valence-electron chi connectivity index (χ3n) is 2.66. The Balaban J connectivity index is 1.84. The Labute approximate surface area is 72.7 Å². The van der Waals surface area contributed by atoms with Crippen LogP contribution in [0.4, 0.5) is 0 Å². The topological polar surface area (TPSA) is 38.4 Å². The van der Waals surface area contributed by atoms with Gasteiger partial charge >= 0.3 is 0 Å². The quantitative estimate of drug-likeness (QED) is 0.625. The summed E-state index contributed by atoms with van der Waals surface area (Å²) < 4.78 is 10.7. The molecule has 12 heavy (non-hydrogen) atoms. The van der Waals surface area contributed by atoms with Gasteiger partial charge in [0.05, 0.1) is 12.2 Å². The largest absolute Gasteiger partial charge is 0.375 e. The predicted molar refractivity (Wildman–Crippen MR) is 42.4 cm³/mol. The molecule has 0 aliphatic carbocycles. The molecule has 69 valence electrons. The van der Waals surface area contributed by atoms with E-state index >= 15 is 0 Å². The zero-order valence-corrected chi connectivity index (χ0v) is 7.20. The SMILES string of the molecule is [O]C(C1CCCO1)C1CCCO1. The molecule has 3 nitrogen and oxygen atoms in total. The van der Waals surface area contributed by atoms with E-state index in [2.05, 4.69) is 0 Å². The minimum Gasteiger partial charge on any atom is -0.375 e. The Kier molecular flexibility index (Phi) is 2.63. The van der Waals surface area contributed by atoms with Crippen molar-refractivity contribution < 1.29 is 14.6 Å². The van der Waals surface area contributed by atoms with E-state index < -0.39 is 6.10 Å². The normalized spacial score (nSPS) is 38.8. The molecule has 0 amide bonds. The van der Waals surface area contributed by atoms with Crippen molar-refractivity contribution in [3.63, 3.8) is 0 Å².